The van der Waals surface area contributed by atoms with E-state index in [1.54, 1.807) is 0 Å². The highest BCUT2D eigenvalue weighted by Gasteiger charge is 2.29. The van der Waals surface area contributed by atoms with Gasteiger partial charge in [0, 0.05) is 32.2 Å². The molecule has 5 rings (SSSR count). The number of hydrogen-bond acceptors (Lipinski definition) is 11. The summed E-state index contributed by atoms with van der Waals surface area (Å²) in [6, 6.07) is 7.88. The third-order valence-corrected chi connectivity index (χ3v) is 7.20. The van der Waals surface area contributed by atoms with Gasteiger partial charge in [0.15, 0.2) is 5.82 Å². The van der Waals surface area contributed by atoms with E-state index in [4.69, 9.17) is 21.1 Å². The number of hydrogen-bond donors (Lipinski definition) is 3. The van der Waals surface area contributed by atoms with Crippen LogP contribution in [0.15, 0.2) is 36.5 Å². The van der Waals surface area contributed by atoms with Crippen molar-refractivity contribution in [2.24, 2.45) is 0 Å². The van der Waals surface area contributed by atoms with Crippen LogP contribution < -0.4 is 25.0 Å². The normalized spacial score (nSPS) is 16.5. The Balaban J connectivity index is 1.31. The smallest absolute Gasteiger partial charge is 0.239 e. The Morgan fingerprint density at radius 3 is 2.46 bits per heavy atom. The van der Waals surface area contributed by atoms with Gasteiger partial charge in [-0.2, -0.15) is 9.97 Å². The first-order valence-electron chi connectivity index (χ1n) is 12.1. The topological polar surface area (TPSA) is 134 Å². The second-order valence-electron chi connectivity index (χ2n) is 9.14. The molecule has 39 heavy (non-hydrogen) atoms. The van der Waals surface area contributed by atoms with Gasteiger partial charge in [0.05, 0.1) is 50.2 Å². The van der Waals surface area contributed by atoms with Gasteiger partial charge in [0.25, 0.3) is 0 Å². The fourth-order valence-electron chi connectivity index (χ4n) is 4.28. The number of halogens is 2. The van der Waals surface area contributed by atoms with E-state index in [1.807, 2.05) is 12.1 Å². The molecule has 0 spiro atoms. The Bertz CT molecular complexity index is 1450. The Morgan fingerprint density at radius 1 is 1.05 bits per heavy atom. The maximum absolute atomic E-state index is 13.8. The monoisotopic (exact) mass is 578 g/mol. The van der Waals surface area contributed by atoms with Crippen molar-refractivity contribution in [1.82, 2.24) is 19.9 Å². The van der Waals surface area contributed by atoms with Crippen molar-refractivity contribution in [3.63, 3.8) is 0 Å². The first-order valence-corrected chi connectivity index (χ1v) is 14.4. The molecule has 0 atom stereocenters. The van der Waals surface area contributed by atoms with Gasteiger partial charge in [-0.1, -0.05) is 11.6 Å². The van der Waals surface area contributed by atoms with Gasteiger partial charge >= 0.3 is 0 Å². The van der Waals surface area contributed by atoms with Gasteiger partial charge in [-0.25, -0.2) is 17.8 Å². The lowest BCUT2D eigenvalue weighted by Crippen LogP contribution is -2.56. The summed E-state index contributed by atoms with van der Waals surface area (Å²) in [5.41, 5.74) is 0.799. The Kier molecular flexibility index (Phi) is 7.88. The van der Waals surface area contributed by atoms with Crippen LogP contribution in [0.2, 0.25) is 5.02 Å². The van der Waals surface area contributed by atoms with Gasteiger partial charge < -0.3 is 25.0 Å². The van der Waals surface area contributed by atoms with E-state index in [1.165, 1.54) is 25.4 Å². The molecule has 2 fully saturated rings. The third kappa shape index (κ3) is 6.58. The average molecular weight is 579 g/mol. The molecule has 1 aromatic carbocycles. The maximum atomic E-state index is 13.8. The average Bonchev–Trinajstić information content (AvgIpc) is 2.86. The Labute approximate surface area is 230 Å². The van der Waals surface area contributed by atoms with Crippen LogP contribution in [0.3, 0.4) is 0 Å². The summed E-state index contributed by atoms with van der Waals surface area (Å²) >= 11 is 6.29. The van der Waals surface area contributed by atoms with Crippen LogP contribution in [0.25, 0.3) is 0 Å². The number of aromatic nitrogens is 3. The zero-order valence-corrected chi connectivity index (χ0v) is 22.9. The van der Waals surface area contributed by atoms with E-state index in [-0.39, 0.29) is 28.2 Å². The van der Waals surface area contributed by atoms with Crippen LogP contribution in [0, 0.1) is 5.82 Å². The molecule has 3 aromatic rings. The van der Waals surface area contributed by atoms with Crippen molar-refractivity contribution in [1.29, 1.82) is 0 Å². The molecule has 0 unspecified atom stereocenters. The molecular weight excluding hydrogens is 551 g/mol. The molecule has 2 aliphatic rings. The highest BCUT2D eigenvalue weighted by molar-refractivity contribution is 7.92. The highest BCUT2D eigenvalue weighted by Crippen LogP contribution is 2.32. The summed E-state index contributed by atoms with van der Waals surface area (Å²) < 4.78 is 50.4. The second-order valence-corrected chi connectivity index (χ2v) is 11.3. The molecule has 2 saturated heterocycles. The van der Waals surface area contributed by atoms with Crippen molar-refractivity contribution in [3.8, 4) is 5.88 Å². The number of nitrogens with zero attached hydrogens (tertiary/aromatic N) is 5. The molecule has 4 heterocycles. The zero-order valence-electron chi connectivity index (χ0n) is 21.3. The van der Waals surface area contributed by atoms with Crippen LogP contribution in [0.1, 0.15) is 0 Å². The lowest BCUT2D eigenvalue weighted by atomic mass is 10.2. The molecule has 3 N–H and O–H groups in total. The molecule has 0 amide bonds. The number of piperazine rings is 1. The number of ether oxygens (including phenoxy) is 2. The van der Waals surface area contributed by atoms with E-state index in [0.29, 0.717) is 17.6 Å². The summed E-state index contributed by atoms with van der Waals surface area (Å²) in [4.78, 5) is 18.0. The largest absolute Gasteiger partial charge is 0.479 e. The fraction of sp³-hybridized carbons (Fsp3) is 0.375. The molecule has 2 aromatic heterocycles. The molecule has 0 saturated carbocycles. The van der Waals surface area contributed by atoms with Crippen LogP contribution >= 0.6 is 11.6 Å². The summed E-state index contributed by atoms with van der Waals surface area (Å²) in [7, 11) is -2.12. The summed E-state index contributed by atoms with van der Waals surface area (Å²) in [5, 5.41) is 6.19. The SMILES string of the molecule is COc1nc(N2CCN(C3COC3)CC2)ccc1Nc1ncc(Cl)c(Nc2ccc(F)cc2NS(C)(=O)=O)n1. The van der Waals surface area contributed by atoms with Crippen molar-refractivity contribution in [2.75, 3.05) is 73.0 Å². The van der Waals surface area contributed by atoms with E-state index in [0.717, 1.165) is 57.5 Å². The van der Waals surface area contributed by atoms with Crippen LogP contribution in [-0.4, -0.2) is 87.1 Å². The minimum atomic E-state index is -3.66. The van der Waals surface area contributed by atoms with Gasteiger partial charge in [-0.3, -0.25) is 9.62 Å². The van der Waals surface area contributed by atoms with Crippen molar-refractivity contribution in [2.45, 2.75) is 6.04 Å². The van der Waals surface area contributed by atoms with Crippen LogP contribution in [0.5, 0.6) is 5.88 Å². The number of sulfonamides is 1. The predicted octanol–water partition coefficient (Wildman–Crippen LogP) is 3.05. The number of pyridine rings is 1. The van der Waals surface area contributed by atoms with Gasteiger partial charge in [0.1, 0.15) is 22.3 Å². The molecule has 0 aliphatic carbocycles. The van der Waals surface area contributed by atoms with Gasteiger partial charge in [0.2, 0.25) is 21.9 Å². The molecule has 12 nitrogen and oxygen atoms in total. The number of anilines is 6. The highest BCUT2D eigenvalue weighted by atomic mass is 35.5. The van der Waals surface area contributed by atoms with Crippen molar-refractivity contribution in [3.05, 3.63) is 47.4 Å². The molecule has 2 aliphatic heterocycles. The Hall–Kier alpha value is -3.46. The fourth-order valence-corrected chi connectivity index (χ4v) is 4.99. The van der Waals surface area contributed by atoms with Crippen LogP contribution in [0.4, 0.5) is 39.0 Å². The molecular formula is C24H28ClFN8O4S. The van der Waals surface area contributed by atoms with E-state index >= 15 is 0 Å². The van der Waals surface area contributed by atoms with Gasteiger partial charge in [-0.05, 0) is 24.3 Å². The summed E-state index contributed by atoms with van der Waals surface area (Å²) in [6.45, 7) is 5.21. The number of nitrogens with one attached hydrogen (secondary N) is 3. The van der Waals surface area contributed by atoms with E-state index in [2.05, 4.69) is 40.1 Å². The number of rotatable bonds is 9. The number of methoxy groups -OCH3 is 1. The lowest BCUT2D eigenvalue weighted by molar-refractivity contribution is -0.0661. The zero-order chi connectivity index (χ0) is 27.6. The minimum absolute atomic E-state index is 0.00463. The molecule has 15 heteroatoms. The standard InChI is InChI=1S/C24H28ClFN8O4S/c1-37-23-19(5-6-21(30-23)34-9-7-33(8-10-34)16-13-38-14-16)29-24-27-12-17(25)22(31-24)28-18-4-3-15(26)11-20(18)32-39(2,35)36/h3-6,11-12,16,32H,7-10,13-14H2,1-2H3,(H2,27,28,29,31). The van der Waals surface area contributed by atoms with E-state index < -0.39 is 15.8 Å². The predicted molar refractivity (Wildman–Crippen MR) is 148 cm³/mol. The summed E-state index contributed by atoms with van der Waals surface area (Å²) in [6.07, 6.45) is 2.35. The molecule has 0 radical (unpaired) electrons. The maximum Gasteiger partial charge on any atom is 0.239 e. The Morgan fingerprint density at radius 2 is 1.79 bits per heavy atom. The molecule has 208 valence electrons. The number of benzene rings is 1. The minimum Gasteiger partial charge on any atom is -0.479 e. The third-order valence-electron chi connectivity index (χ3n) is 6.33. The lowest BCUT2D eigenvalue weighted by Gasteiger charge is -2.42. The van der Waals surface area contributed by atoms with Crippen LogP contribution in [-0.2, 0) is 14.8 Å². The first kappa shape index (κ1) is 27.1. The van der Waals surface area contributed by atoms with E-state index in [9.17, 15) is 12.8 Å². The van der Waals surface area contributed by atoms with Crippen molar-refractivity contribution < 1.29 is 22.3 Å². The quantitative estimate of drug-likeness (QED) is 0.346. The van der Waals surface area contributed by atoms with Gasteiger partial charge in [-0.15, -0.1) is 0 Å². The van der Waals surface area contributed by atoms with Crippen molar-refractivity contribution >= 4 is 56.3 Å². The summed E-state index contributed by atoms with van der Waals surface area (Å²) in [5.74, 6) is 0.930. The second kappa shape index (κ2) is 11.3. The molecule has 0 bridgehead atoms. The first-order chi connectivity index (χ1) is 18.7.